The average molecular weight is 398 g/mol. The maximum Gasteiger partial charge on any atom is 0.233 e. The number of benzene rings is 1. The highest BCUT2D eigenvalue weighted by Crippen LogP contribution is 2.30. The van der Waals surface area contributed by atoms with Crippen LogP contribution in [0.1, 0.15) is 29.8 Å². The maximum absolute atomic E-state index is 12.6. The zero-order valence-corrected chi connectivity index (χ0v) is 17.1. The zero-order valence-electron chi connectivity index (χ0n) is 15.4. The minimum atomic E-state index is 0.131. The van der Waals surface area contributed by atoms with Crippen LogP contribution in [0.5, 0.6) is 0 Å². The van der Waals surface area contributed by atoms with Crippen molar-refractivity contribution >= 4 is 29.0 Å². The molecule has 2 heterocycles. The predicted molar refractivity (Wildman–Crippen MR) is 112 cm³/mol. The van der Waals surface area contributed by atoms with Crippen LogP contribution in [0.2, 0.25) is 0 Å². The van der Waals surface area contributed by atoms with E-state index < -0.39 is 0 Å². The number of imidazole rings is 1. The SMILES string of the molecule is CN(Cc1ccsc1)C(=O)CSc1nc2c(n1-c1ccccc1)CCCC2. The van der Waals surface area contributed by atoms with Gasteiger partial charge >= 0.3 is 0 Å². The molecule has 1 amide bonds. The summed E-state index contributed by atoms with van der Waals surface area (Å²) in [6.45, 7) is 0.659. The monoisotopic (exact) mass is 397 g/mol. The van der Waals surface area contributed by atoms with Crippen LogP contribution in [-0.2, 0) is 24.2 Å². The molecule has 0 bridgehead atoms. The topological polar surface area (TPSA) is 38.1 Å². The fourth-order valence-corrected chi connectivity index (χ4v) is 5.09. The summed E-state index contributed by atoms with van der Waals surface area (Å²) in [7, 11) is 1.87. The van der Waals surface area contributed by atoms with Crippen LogP contribution in [-0.4, -0.2) is 33.2 Å². The summed E-state index contributed by atoms with van der Waals surface area (Å²) in [6.07, 6.45) is 4.50. The van der Waals surface area contributed by atoms with Crippen molar-refractivity contribution in [3.8, 4) is 5.69 Å². The molecule has 0 atom stereocenters. The Bertz CT molecular complexity index is 903. The van der Waals surface area contributed by atoms with Gasteiger partial charge in [-0.1, -0.05) is 30.0 Å². The lowest BCUT2D eigenvalue weighted by molar-refractivity contribution is -0.127. The highest BCUT2D eigenvalue weighted by molar-refractivity contribution is 7.99. The molecule has 27 heavy (non-hydrogen) atoms. The molecule has 0 fully saturated rings. The summed E-state index contributed by atoms with van der Waals surface area (Å²) in [4.78, 5) is 19.3. The molecular formula is C21H23N3OS2. The Balaban J connectivity index is 1.52. The minimum Gasteiger partial charge on any atom is -0.341 e. The van der Waals surface area contributed by atoms with Crippen LogP contribution in [0.25, 0.3) is 5.69 Å². The van der Waals surface area contributed by atoms with E-state index >= 15 is 0 Å². The predicted octanol–water partition coefficient (Wildman–Crippen LogP) is 4.56. The number of aryl methyl sites for hydroxylation is 1. The zero-order chi connectivity index (χ0) is 18.6. The molecule has 0 saturated carbocycles. The van der Waals surface area contributed by atoms with Crippen molar-refractivity contribution in [3.05, 3.63) is 64.1 Å². The minimum absolute atomic E-state index is 0.131. The summed E-state index contributed by atoms with van der Waals surface area (Å²) in [5.41, 5.74) is 4.83. The number of thioether (sulfide) groups is 1. The van der Waals surface area contributed by atoms with Crippen molar-refractivity contribution in [3.63, 3.8) is 0 Å². The molecule has 1 aliphatic rings. The lowest BCUT2D eigenvalue weighted by atomic mass is 10.0. The third kappa shape index (κ3) is 4.12. The molecule has 4 rings (SSSR count). The van der Waals surface area contributed by atoms with Crippen molar-refractivity contribution in [2.24, 2.45) is 0 Å². The Kier molecular flexibility index (Phi) is 5.64. The highest BCUT2D eigenvalue weighted by Gasteiger charge is 2.22. The number of hydrogen-bond acceptors (Lipinski definition) is 4. The molecule has 4 nitrogen and oxygen atoms in total. The van der Waals surface area contributed by atoms with E-state index in [0.29, 0.717) is 12.3 Å². The third-order valence-corrected chi connectivity index (χ3v) is 6.52. The van der Waals surface area contributed by atoms with Crippen molar-refractivity contribution < 1.29 is 4.79 Å². The number of rotatable bonds is 6. The van der Waals surface area contributed by atoms with Gasteiger partial charge in [0, 0.05) is 25.0 Å². The van der Waals surface area contributed by atoms with Crippen molar-refractivity contribution in [2.45, 2.75) is 37.4 Å². The van der Waals surface area contributed by atoms with Gasteiger partial charge in [0.15, 0.2) is 5.16 Å². The molecule has 0 radical (unpaired) electrons. The van der Waals surface area contributed by atoms with Crippen molar-refractivity contribution in [1.82, 2.24) is 14.5 Å². The molecule has 3 aromatic rings. The highest BCUT2D eigenvalue weighted by atomic mass is 32.2. The second-order valence-electron chi connectivity index (χ2n) is 6.84. The van der Waals surface area contributed by atoms with Crippen LogP contribution in [0.3, 0.4) is 0 Å². The largest absolute Gasteiger partial charge is 0.341 e. The molecule has 1 aromatic carbocycles. The van der Waals surface area contributed by atoms with Crippen LogP contribution in [0, 0.1) is 0 Å². The van der Waals surface area contributed by atoms with Crippen LogP contribution < -0.4 is 0 Å². The van der Waals surface area contributed by atoms with E-state index in [-0.39, 0.29) is 5.91 Å². The lowest BCUT2D eigenvalue weighted by Crippen LogP contribution is -2.27. The lowest BCUT2D eigenvalue weighted by Gasteiger charge is -2.17. The second-order valence-corrected chi connectivity index (χ2v) is 8.56. The van der Waals surface area contributed by atoms with E-state index in [4.69, 9.17) is 4.98 Å². The molecule has 140 valence electrons. The van der Waals surface area contributed by atoms with Gasteiger partial charge in [0.1, 0.15) is 0 Å². The number of nitrogens with zero attached hydrogens (tertiary/aromatic N) is 3. The number of para-hydroxylation sites is 1. The third-order valence-electron chi connectivity index (χ3n) is 4.87. The first-order valence-corrected chi connectivity index (χ1v) is 11.2. The number of hydrogen-bond donors (Lipinski definition) is 0. The maximum atomic E-state index is 12.6. The van der Waals surface area contributed by atoms with Gasteiger partial charge in [-0.25, -0.2) is 4.98 Å². The number of carbonyl (C=O) groups excluding carboxylic acids is 1. The molecule has 0 aliphatic heterocycles. The van der Waals surface area contributed by atoms with E-state index in [1.54, 1.807) is 28.0 Å². The first kappa shape index (κ1) is 18.3. The van der Waals surface area contributed by atoms with Crippen molar-refractivity contribution in [1.29, 1.82) is 0 Å². The second kappa shape index (κ2) is 8.31. The summed E-state index contributed by atoms with van der Waals surface area (Å²) >= 11 is 3.21. The first-order valence-electron chi connectivity index (χ1n) is 9.26. The summed E-state index contributed by atoms with van der Waals surface area (Å²) in [6, 6.07) is 12.4. The first-order chi connectivity index (χ1) is 13.2. The van der Waals surface area contributed by atoms with E-state index in [9.17, 15) is 4.79 Å². The molecule has 2 aromatic heterocycles. The molecule has 6 heteroatoms. The quantitative estimate of drug-likeness (QED) is 0.572. The summed E-state index contributed by atoms with van der Waals surface area (Å²) in [5.74, 6) is 0.537. The summed E-state index contributed by atoms with van der Waals surface area (Å²) in [5, 5.41) is 5.07. The Morgan fingerprint density at radius 1 is 1.22 bits per heavy atom. The van der Waals surface area contributed by atoms with E-state index in [0.717, 1.165) is 23.7 Å². The van der Waals surface area contributed by atoms with Crippen LogP contribution in [0.4, 0.5) is 0 Å². The fraction of sp³-hybridized carbons (Fsp3) is 0.333. The number of fused-ring (bicyclic) bond motifs is 1. The van der Waals surface area contributed by atoms with Gasteiger partial charge in [0.05, 0.1) is 11.4 Å². The van der Waals surface area contributed by atoms with E-state index in [1.165, 1.54) is 29.8 Å². The number of carbonyl (C=O) groups is 1. The molecule has 0 unspecified atom stereocenters. The van der Waals surface area contributed by atoms with Crippen molar-refractivity contribution in [2.75, 3.05) is 12.8 Å². The van der Waals surface area contributed by atoms with E-state index in [2.05, 4.69) is 40.3 Å². The summed E-state index contributed by atoms with van der Waals surface area (Å²) < 4.78 is 2.26. The van der Waals surface area contributed by atoms with Gasteiger partial charge in [-0.2, -0.15) is 11.3 Å². The van der Waals surface area contributed by atoms with Crippen LogP contribution >= 0.6 is 23.1 Å². The average Bonchev–Trinajstić information content (AvgIpc) is 3.33. The fourth-order valence-electron chi connectivity index (χ4n) is 3.44. The van der Waals surface area contributed by atoms with Gasteiger partial charge in [-0.05, 0) is 60.2 Å². The van der Waals surface area contributed by atoms with Gasteiger partial charge in [0.25, 0.3) is 0 Å². The van der Waals surface area contributed by atoms with Crippen LogP contribution in [0.15, 0.2) is 52.3 Å². The Morgan fingerprint density at radius 2 is 2.04 bits per heavy atom. The normalized spacial score (nSPS) is 13.4. The van der Waals surface area contributed by atoms with Gasteiger partial charge in [-0.3, -0.25) is 9.36 Å². The molecular weight excluding hydrogens is 374 g/mol. The Labute approximate surface area is 168 Å². The molecule has 0 N–H and O–H groups in total. The molecule has 0 spiro atoms. The number of aromatic nitrogens is 2. The Morgan fingerprint density at radius 3 is 2.81 bits per heavy atom. The number of amides is 1. The van der Waals surface area contributed by atoms with Gasteiger partial charge < -0.3 is 4.90 Å². The smallest absolute Gasteiger partial charge is 0.233 e. The standard InChI is InChI=1S/C21H23N3OS2/c1-23(13-16-11-12-26-14-16)20(25)15-27-21-22-18-9-5-6-10-19(18)24(21)17-7-3-2-4-8-17/h2-4,7-8,11-12,14H,5-6,9-10,13,15H2,1H3. The van der Waals surface area contributed by atoms with E-state index in [1.807, 2.05) is 18.5 Å². The molecule has 0 saturated heterocycles. The number of thiophene rings is 1. The van der Waals surface area contributed by atoms with Gasteiger partial charge in [-0.15, -0.1) is 0 Å². The van der Waals surface area contributed by atoms with Gasteiger partial charge in [0.2, 0.25) is 5.91 Å². The Hall–Kier alpha value is -2.05. The molecule has 1 aliphatic carbocycles.